The Labute approximate surface area is 197 Å². The van der Waals surface area contributed by atoms with Crippen molar-refractivity contribution in [3.05, 3.63) is 82.9 Å². The van der Waals surface area contributed by atoms with Crippen LogP contribution in [0.1, 0.15) is 35.3 Å². The molecule has 1 amide bonds. The number of amides is 1. The van der Waals surface area contributed by atoms with Crippen molar-refractivity contribution in [3.8, 4) is 11.5 Å². The SMILES string of the molecule is CC(NC(=O)c1cccc(S(=O)(=O)Nc2ccccc2Cl)c1)c1ccc2c(c1)OCCCO2. The third-order valence-electron chi connectivity index (χ3n) is 5.14. The third-order valence-corrected chi connectivity index (χ3v) is 6.84. The number of nitrogens with one attached hydrogen (secondary N) is 2. The number of halogens is 1. The summed E-state index contributed by atoms with van der Waals surface area (Å²) >= 11 is 6.06. The van der Waals surface area contributed by atoms with Crippen molar-refractivity contribution in [1.29, 1.82) is 0 Å². The van der Waals surface area contributed by atoms with Gasteiger partial charge in [-0.3, -0.25) is 9.52 Å². The van der Waals surface area contributed by atoms with Crippen molar-refractivity contribution in [2.45, 2.75) is 24.3 Å². The summed E-state index contributed by atoms with van der Waals surface area (Å²) in [5.74, 6) is 0.924. The summed E-state index contributed by atoms with van der Waals surface area (Å²) in [4.78, 5) is 12.8. The van der Waals surface area contributed by atoms with Gasteiger partial charge in [0.05, 0.1) is 34.9 Å². The first-order valence-corrected chi connectivity index (χ1v) is 12.3. The molecule has 0 radical (unpaired) electrons. The van der Waals surface area contributed by atoms with E-state index < -0.39 is 15.9 Å². The molecule has 3 aromatic carbocycles. The summed E-state index contributed by atoms with van der Waals surface area (Å²) in [6.07, 6.45) is 0.806. The lowest BCUT2D eigenvalue weighted by molar-refractivity contribution is 0.0939. The highest BCUT2D eigenvalue weighted by molar-refractivity contribution is 7.92. The Balaban J connectivity index is 1.50. The highest BCUT2D eigenvalue weighted by Crippen LogP contribution is 2.32. The van der Waals surface area contributed by atoms with Crippen LogP contribution >= 0.6 is 11.6 Å². The lowest BCUT2D eigenvalue weighted by Crippen LogP contribution is -2.27. The highest BCUT2D eigenvalue weighted by atomic mass is 35.5. The first-order valence-electron chi connectivity index (χ1n) is 10.4. The van der Waals surface area contributed by atoms with E-state index in [4.69, 9.17) is 21.1 Å². The fourth-order valence-corrected chi connectivity index (χ4v) is 4.73. The lowest BCUT2D eigenvalue weighted by atomic mass is 10.1. The van der Waals surface area contributed by atoms with Gasteiger partial charge in [0.2, 0.25) is 0 Å². The predicted octanol–water partition coefficient (Wildman–Crippen LogP) is 4.79. The standard InChI is InChI=1S/C24H23ClN2O5S/c1-16(17-10-11-22-23(15-17)32-13-5-12-31-22)26-24(28)18-6-4-7-19(14-18)33(29,30)27-21-9-3-2-8-20(21)25/h2-4,6-11,14-16,27H,5,12-13H2,1H3,(H,26,28). The van der Waals surface area contributed by atoms with E-state index in [1.165, 1.54) is 18.2 Å². The maximum absolute atomic E-state index is 12.9. The first kappa shape index (κ1) is 22.9. The smallest absolute Gasteiger partial charge is 0.261 e. The lowest BCUT2D eigenvalue weighted by Gasteiger charge is -2.17. The molecule has 1 atom stereocenters. The van der Waals surface area contributed by atoms with E-state index >= 15 is 0 Å². The van der Waals surface area contributed by atoms with Crippen molar-refractivity contribution in [2.75, 3.05) is 17.9 Å². The van der Waals surface area contributed by atoms with E-state index in [-0.39, 0.29) is 27.2 Å². The second-order valence-corrected chi connectivity index (χ2v) is 9.65. The molecule has 3 aromatic rings. The number of benzene rings is 3. The number of hydrogen-bond donors (Lipinski definition) is 2. The molecule has 0 aliphatic carbocycles. The molecule has 4 rings (SSSR count). The van der Waals surface area contributed by atoms with E-state index in [9.17, 15) is 13.2 Å². The van der Waals surface area contributed by atoms with Gasteiger partial charge in [-0.05, 0) is 55.0 Å². The van der Waals surface area contributed by atoms with Crippen LogP contribution in [0.2, 0.25) is 5.02 Å². The Bertz CT molecular complexity index is 1280. The fraction of sp³-hybridized carbons (Fsp3) is 0.208. The van der Waals surface area contributed by atoms with Crippen LogP contribution < -0.4 is 19.5 Å². The Kier molecular flexibility index (Phi) is 6.76. The number of rotatable bonds is 6. The van der Waals surface area contributed by atoms with Crippen LogP contribution in [0.15, 0.2) is 71.6 Å². The van der Waals surface area contributed by atoms with Crippen LogP contribution in [-0.2, 0) is 10.0 Å². The molecule has 1 unspecified atom stereocenters. The number of hydrogen-bond acceptors (Lipinski definition) is 5. The summed E-state index contributed by atoms with van der Waals surface area (Å²) in [6.45, 7) is 3.01. The molecule has 0 saturated carbocycles. The zero-order valence-corrected chi connectivity index (χ0v) is 19.4. The molecular formula is C24H23ClN2O5S. The van der Waals surface area contributed by atoms with Crippen LogP contribution in [0.25, 0.3) is 0 Å². The summed E-state index contributed by atoms with van der Waals surface area (Å²) in [5.41, 5.74) is 1.33. The topological polar surface area (TPSA) is 93.7 Å². The number of fused-ring (bicyclic) bond motifs is 1. The predicted molar refractivity (Wildman–Crippen MR) is 127 cm³/mol. The van der Waals surface area contributed by atoms with Gasteiger partial charge in [0.15, 0.2) is 11.5 Å². The number of ether oxygens (including phenoxy) is 2. The van der Waals surface area contributed by atoms with Gasteiger partial charge < -0.3 is 14.8 Å². The maximum Gasteiger partial charge on any atom is 0.261 e. The van der Waals surface area contributed by atoms with Gasteiger partial charge in [-0.1, -0.05) is 35.9 Å². The summed E-state index contributed by atoms with van der Waals surface area (Å²) in [7, 11) is -3.93. The molecule has 7 nitrogen and oxygen atoms in total. The molecule has 2 N–H and O–H groups in total. The maximum atomic E-state index is 12.9. The van der Waals surface area contributed by atoms with E-state index in [1.54, 1.807) is 30.3 Å². The molecular weight excluding hydrogens is 464 g/mol. The largest absolute Gasteiger partial charge is 0.490 e. The molecule has 1 aliphatic heterocycles. The molecule has 172 valence electrons. The van der Waals surface area contributed by atoms with E-state index in [0.717, 1.165) is 12.0 Å². The zero-order chi connectivity index (χ0) is 23.4. The minimum absolute atomic E-state index is 0.0432. The van der Waals surface area contributed by atoms with Gasteiger partial charge in [-0.15, -0.1) is 0 Å². The fourth-order valence-electron chi connectivity index (χ4n) is 3.36. The molecule has 0 saturated heterocycles. The molecule has 9 heteroatoms. The molecule has 1 aliphatic rings. The van der Waals surface area contributed by atoms with Crippen LogP contribution in [0.5, 0.6) is 11.5 Å². The van der Waals surface area contributed by atoms with Crippen molar-refractivity contribution >= 4 is 33.2 Å². The van der Waals surface area contributed by atoms with Crippen molar-refractivity contribution < 1.29 is 22.7 Å². The second kappa shape index (κ2) is 9.72. The Morgan fingerprint density at radius 2 is 1.73 bits per heavy atom. The van der Waals surface area contributed by atoms with Gasteiger partial charge in [0.1, 0.15) is 0 Å². The van der Waals surface area contributed by atoms with Gasteiger partial charge in [0, 0.05) is 12.0 Å². The van der Waals surface area contributed by atoms with Crippen molar-refractivity contribution in [1.82, 2.24) is 5.32 Å². The highest BCUT2D eigenvalue weighted by Gasteiger charge is 2.19. The number of carbonyl (C=O) groups excluding carboxylic acids is 1. The number of anilines is 1. The minimum Gasteiger partial charge on any atom is -0.490 e. The first-order chi connectivity index (χ1) is 15.8. The van der Waals surface area contributed by atoms with Crippen molar-refractivity contribution in [3.63, 3.8) is 0 Å². The molecule has 1 heterocycles. The zero-order valence-electron chi connectivity index (χ0n) is 17.9. The van der Waals surface area contributed by atoms with Crippen LogP contribution in [0, 0.1) is 0 Å². The Hall–Kier alpha value is -3.23. The monoisotopic (exact) mass is 486 g/mol. The van der Waals surface area contributed by atoms with Crippen LogP contribution in [0.4, 0.5) is 5.69 Å². The van der Waals surface area contributed by atoms with Gasteiger partial charge in [0.25, 0.3) is 15.9 Å². The van der Waals surface area contributed by atoms with E-state index in [2.05, 4.69) is 10.0 Å². The van der Waals surface area contributed by atoms with Gasteiger partial charge in [-0.25, -0.2) is 8.42 Å². The summed E-state index contributed by atoms with van der Waals surface area (Å²) in [5, 5.41) is 3.18. The molecule has 0 bridgehead atoms. The molecule has 0 aromatic heterocycles. The van der Waals surface area contributed by atoms with Crippen LogP contribution in [-0.4, -0.2) is 27.5 Å². The average Bonchev–Trinajstić information content (AvgIpc) is 3.05. The minimum atomic E-state index is -3.93. The quantitative estimate of drug-likeness (QED) is 0.522. The molecule has 0 spiro atoms. The van der Waals surface area contributed by atoms with Crippen LogP contribution in [0.3, 0.4) is 0 Å². The number of carbonyl (C=O) groups is 1. The molecule has 0 fully saturated rings. The van der Waals surface area contributed by atoms with E-state index in [0.29, 0.717) is 24.7 Å². The van der Waals surface area contributed by atoms with Crippen molar-refractivity contribution in [2.24, 2.45) is 0 Å². The third kappa shape index (κ3) is 5.40. The Morgan fingerprint density at radius 3 is 2.52 bits per heavy atom. The Morgan fingerprint density at radius 1 is 0.970 bits per heavy atom. The average molecular weight is 487 g/mol. The van der Waals surface area contributed by atoms with E-state index in [1.807, 2.05) is 25.1 Å². The second-order valence-electron chi connectivity index (χ2n) is 7.56. The number of para-hydroxylation sites is 1. The van der Waals surface area contributed by atoms with Gasteiger partial charge >= 0.3 is 0 Å². The number of sulfonamides is 1. The summed E-state index contributed by atoms with van der Waals surface area (Å²) < 4.78 is 39.4. The normalized spacial score (nSPS) is 14.1. The van der Waals surface area contributed by atoms with Gasteiger partial charge in [-0.2, -0.15) is 0 Å². The summed E-state index contributed by atoms with van der Waals surface area (Å²) in [6, 6.07) is 17.6. The molecule has 33 heavy (non-hydrogen) atoms.